The molecule has 5 nitrogen and oxygen atoms in total. The molecule has 0 saturated heterocycles. The molecule has 1 aliphatic rings. The van der Waals surface area contributed by atoms with Crippen molar-refractivity contribution in [3.05, 3.63) is 28.0 Å². The Labute approximate surface area is 78.7 Å². The van der Waals surface area contributed by atoms with E-state index in [2.05, 4.69) is 20.0 Å². The summed E-state index contributed by atoms with van der Waals surface area (Å²) in [5.74, 6) is 0.0978. The molecule has 1 aromatic heterocycles. The minimum Gasteiger partial charge on any atom is -0.497 e. The van der Waals surface area contributed by atoms with E-state index in [1.807, 2.05) is 0 Å². The summed E-state index contributed by atoms with van der Waals surface area (Å²) in [7, 11) is 0. The molecule has 2 rings (SSSR count). The van der Waals surface area contributed by atoms with Gasteiger partial charge in [0, 0.05) is 5.69 Å². The lowest BCUT2D eigenvalue weighted by Gasteiger charge is -1.95. The van der Waals surface area contributed by atoms with Crippen molar-refractivity contribution in [3.63, 3.8) is 0 Å². The second kappa shape index (κ2) is 2.73. The number of halogens is 1. The molecule has 0 unspecified atom stereocenters. The first-order chi connectivity index (χ1) is 6.22. The lowest BCUT2D eigenvalue weighted by molar-refractivity contribution is -0.00579. The zero-order chi connectivity index (χ0) is 9.42. The molecule has 1 aliphatic heterocycles. The van der Waals surface area contributed by atoms with Crippen LogP contribution in [-0.4, -0.2) is 15.6 Å². The van der Waals surface area contributed by atoms with E-state index in [-0.39, 0.29) is 5.84 Å². The van der Waals surface area contributed by atoms with Crippen LogP contribution in [0.1, 0.15) is 11.4 Å². The van der Waals surface area contributed by atoms with Gasteiger partial charge >= 0.3 is 5.84 Å². The lowest BCUT2D eigenvalue weighted by atomic mass is 10.2. The highest BCUT2D eigenvalue weighted by molar-refractivity contribution is 6.34. The number of fused-ring (bicyclic) bond motifs is 1. The Kier molecular flexibility index (Phi) is 1.69. The van der Waals surface area contributed by atoms with Gasteiger partial charge in [-0.3, -0.25) is 0 Å². The number of hydrogen-bond donors (Lipinski definition) is 0. The summed E-state index contributed by atoms with van der Waals surface area (Å²) in [4.78, 5) is 7.05. The van der Waals surface area contributed by atoms with Crippen LogP contribution in [0.3, 0.4) is 0 Å². The third kappa shape index (κ3) is 1.14. The molecule has 0 amide bonds. The number of rotatable bonds is 0. The highest BCUT2D eigenvalue weighted by Crippen LogP contribution is 2.33. The van der Waals surface area contributed by atoms with Crippen LogP contribution in [0.15, 0.2) is 16.3 Å². The van der Waals surface area contributed by atoms with Gasteiger partial charge in [0.25, 0.3) is 0 Å². The average molecular weight is 194 g/mol. The fourth-order valence-electron chi connectivity index (χ4n) is 1.09. The fourth-order valence-corrected chi connectivity index (χ4v) is 1.37. The quantitative estimate of drug-likeness (QED) is 0.459. The van der Waals surface area contributed by atoms with Gasteiger partial charge in [0.05, 0.1) is 10.1 Å². The van der Waals surface area contributed by atoms with E-state index in [9.17, 15) is 0 Å². The molecule has 0 aromatic carbocycles. The number of hydrogen-bond acceptors (Lipinski definition) is 2. The SMILES string of the molecule is Cc1cc(Cl)c2c(n1)C(=[N+]=[N-])N=N2. The predicted molar refractivity (Wildman–Crippen MR) is 46.2 cm³/mol. The summed E-state index contributed by atoms with van der Waals surface area (Å²) >= 11 is 5.87. The van der Waals surface area contributed by atoms with Crippen LogP contribution >= 0.6 is 11.6 Å². The van der Waals surface area contributed by atoms with Crippen molar-refractivity contribution in [1.29, 1.82) is 0 Å². The smallest absolute Gasteiger partial charge is 0.454 e. The largest absolute Gasteiger partial charge is 0.497 e. The molecule has 0 N–H and O–H groups in total. The number of pyridine rings is 1. The Morgan fingerprint density at radius 1 is 1.46 bits per heavy atom. The molecule has 64 valence electrons. The zero-order valence-electron chi connectivity index (χ0n) is 6.69. The van der Waals surface area contributed by atoms with Crippen molar-refractivity contribution >= 4 is 23.1 Å². The predicted octanol–water partition coefficient (Wildman–Crippen LogP) is 2.12. The normalized spacial score (nSPS) is 12.9. The minimum atomic E-state index is 0.0978. The van der Waals surface area contributed by atoms with Crippen LogP contribution in [0, 0.1) is 6.92 Å². The summed E-state index contributed by atoms with van der Waals surface area (Å²) in [6.07, 6.45) is 0. The summed E-state index contributed by atoms with van der Waals surface area (Å²) in [6, 6.07) is 1.68. The Morgan fingerprint density at radius 3 is 2.92 bits per heavy atom. The third-order valence-electron chi connectivity index (χ3n) is 1.63. The van der Waals surface area contributed by atoms with Gasteiger partial charge in [0.15, 0.2) is 5.69 Å². The second-order valence-electron chi connectivity index (χ2n) is 2.57. The first kappa shape index (κ1) is 8.04. The molecule has 0 aliphatic carbocycles. The van der Waals surface area contributed by atoms with Gasteiger partial charge in [-0.15, -0.1) is 0 Å². The summed E-state index contributed by atoms with van der Waals surface area (Å²) < 4.78 is 0. The first-order valence-electron chi connectivity index (χ1n) is 3.53. The summed E-state index contributed by atoms with van der Waals surface area (Å²) in [6.45, 7) is 1.79. The molecule has 6 heteroatoms. The first-order valence-corrected chi connectivity index (χ1v) is 3.91. The van der Waals surface area contributed by atoms with E-state index in [1.54, 1.807) is 13.0 Å². The monoisotopic (exact) mass is 193 g/mol. The van der Waals surface area contributed by atoms with Gasteiger partial charge in [0.1, 0.15) is 0 Å². The van der Waals surface area contributed by atoms with Gasteiger partial charge < -0.3 is 10.3 Å². The van der Waals surface area contributed by atoms with Crippen LogP contribution in [0.25, 0.3) is 5.53 Å². The van der Waals surface area contributed by atoms with Crippen LogP contribution in [0.4, 0.5) is 5.69 Å². The van der Waals surface area contributed by atoms with E-state index in [0.29, 0.717) is 16.4 Å². The van der Waals surface area contributed by atoms with Crippen molar-refractivity contribution in [3.8, 4) is 0 Å². The van der Waals surface area contributed by atoms with Crippen molar-refractivity contribution in [2.45, 2.75) is 6.92 Å². The van der Waals surface area contributed by atoms with Crippen molar-refractivity contribution in [1.82, 2.24) is 4.98 Å². The second-order valence-corrected chi connectivity index (χ2v) is 2.97. The fraction of sp³-hybridized carbons (Fsp3) is 0.143. The Balaban J connectivity index is 2.77. The molecule has 0 saturated carbocycles. The van der Waals surface area contributed by atoms with Gasteiger partial charge in [-0.1, -0.05) is 11.6 Å². The van der Waals surface area contributed by atoms with Gasteiger partial charge in [-0.05, 0) is 18.1 Å². The van der Waals surface area contributed by atoms with E-state index in [1.165, 1.54) is 0 Å². The molecule has 13 heavy (non-hydrogen) atoms. The highest BCUT2D eigenvalue weighted by Gasteiger charge is 2.29. The van der Waals surface area contributed by atoms with Crippen LogP contribution in [-0.2, 0) is 0 Å². The maximum Gasteiger partial charge on any atom is 0.454 e. The summed E-state index contributed by atoms with van der Waals surface area (Å²) in [5, 5.41) is 7.80. The molecular weight excluding hydrogens is 190 g/mol. The van der Waals surface area contributed by atoms with Gasteiger partial charge in [-0.2, -0.15) is 0 Å². The molecule has 0 spiro atoms. The highest BCUT2D eigenvalue weighted by atomic mass is 35.5. The average Bonchev–Trinajstić information content (AvgIpc) is 2.47. The van der Waals surface area contributed by atoms with Gasteiger partial charge in [-0.25, -0.2) is 4.98 Å². The van der Waals surface area contributed by atoms with E-state index >= 15 is 0 Å². The van der Waals surface area contributed by atoms with E-state index in [0.717, 1.165) is 5.69 Å². The molecular formula is C7H4ClN5. The Hall–Kier alpha value is -1.58. The number of nitrogens with zero attached hydrogens (tertiary/aromatic N) is 5. The van der Waals surface area contributed by atoms with Crippen molar-refractivity contribution < 1.29 is 4.79 Å². The number of aryl methyl sites for hydroxylation is 1. The Morgan fingerprint density at radius 2 is 2.23 bits per heavy atom. The molecule has 0 radical (unpaired) electrons. The lowest BCUT2D eigenvalue weighted by Crippen LogP contribution is -1.98. The van der Waals surface area contributed by atoms with Crippen LogP contribution < -0.4 is 0 Å². The minimum absolute atomic E-state index is 0.0978. The number of amidine groups is 1. The standard InChI is InChI=1S/C7H4ClN5/c1-3-2-4(8)5-6(10-3)7(11-9)13-12-5/h2H,1H3. The topological polar surface area (TPSA) is 74.0 Å². The number of aromatic nitrogens is 1. The van der Waals surface area contributed by atoms with Crippen LogP contribution in [0.2, 0.25) is 5.02 Å². The van der Waals surface area contributed by atoms with E-state index < -0.39 is 0 Å². The van der Waals surface area contributed by atoms with Crippen LogP contribution in [0.5, 0.6) is 0 Å². The van der Waals surface area contributed by atoms with Gasteiger partial charge in [0.2, 0.25) is 5.69 Å². The third-order valence-corrected chi connectivity index (χ3v) is 1.91. The number of azo groups is 1. The molecule has 1 aromatic rings. The Bertz CT molecular complexity index is 458. The molecule has 0 bridgehead atoms. The zero-order valence-corrected chi connectivity index (χ0v) is 7.45. The van der Waals surface area contributed by atoms with Crippen molar-refractivity contribution in [2.75, 3.05) is 0 Å². The molecule has 0 fully saturated rings. The molecule has 0 atom stereocenters. The molecule has 2 heterocycles. The summed E-state index contributed by atoms with van der Waals surface area (Å²) in [5.41, 5.74) is 10.2. The maximum absolute atomic E-state index is 8.55. The van der Waals surface area contributed by atoms with Crippen molar-refractivity contribution in [2.24, 2.45) is 10.2 Å². The van der Waals surface area contributed by atoms with E-state index in [4.69, 9.17) is 17.1 Å². The maximum atomic E-state index is 8.55.